The van der Waals surface area contributed by atoms with Crippen molar-refractivity contribution in [3.63, 3.8) is 0 Å². The van der Waals surface area contributed by atoms with Crippen LogP contribution < -0.4 is 10.2 Å². The van der Waals surface area contributed by atoms with E-state index in [0.29, 0.717) is 6.04 Å². The monoisotopic (exact) mass is 426 g/mol. The van der Waals surface area contributed by atoms with Gasteiger partial charge in [0.25, 0.3) is 0 Å². The van der Waals surface area contributed by atoms with Crippen molar-refractivity contribution in [2.45, 2.75) is 38.4 Å². The number of hydrogen-bond acceptors (Lipinski definition) is 5. The molecule has 2 fully saturated rings. The van der Waals surface area contributed by atoms with Gasteiger partial charge in [0.05, 0.1) is 5.69 Å². The van der Waals surface area contributed by atoms with E-state index in [1.54, 1.807) is 18.3 Å². The zero-order valence-electron chi connectivity index (χ0n) is 15.2. The summed E-state index contributed by atoms with van der Waals surface area (Å²) < 4.78 is 0. The number of nitrogens with zero attached hydrogens (tertiary/aromatic N) is 3. The number of halogens is 2. The Hall–Kier alpha value is -1.18. The van der Waals surface area contributed by atoms with Gasteiger partial charge in [-0.25, -0.2) is 4.98 Å². The molecule has 1 atom stereocenters. The average Bonchev–Trinajstić information content (AvgIpc) is 3.34. The lowest BCUT2D eigenvalue weighted by atomic mass is 10.0. The van der Waals surface area contributed by atoms with Gasteiger partial charge in [0.2, 0.25) is 5.91 Å². The van der Waals surface area contributed by atoms with Crippen LogP contribution in [0.25, 0.3) is 0 Å². The second kappa shape index (κ2) is 8.88. The number of carbonyl (C=O) groups excluding carboxylic acids is 1. The van der Waals surface area contributed by atoms with Crippen molar-refractivity contribution in [2.24, 2.45) is 0 Å². The molecular weight excluding hydrogens is 403 g/mol. The molecule has 1 aromatic carbocycles. The molecule has 0 bridgehead atoms. The van der Waals surface area contributed by atoms with Gasteiger partial charge in [-0.1, -0.05) is 23.7 Å². The van der Waals surface area contributed by atoms with Crippen molar-refractivity contribution >= 4 is 46.4 Å². The third-order valence-electron chi connectivity index (χ3n) is 4.95. The van der Waals surface area contributed by atoms with E-state index in [2.05, 4.69) is 21.7 Å². The van der Waals surface area contributed by atoms with Gasteiger partial charge in [0, 0.05) is 55.6 Å². The number of thiazole rings is 1. The summed E-state index contributed by atoms with van der Waals surface area (Å²) in [5.41, 5.74) is 2.26. The first-order valence-electron chi connectivity index (χ1n) is 9.06. The van der Waals surface area contributed by atoms with E-state index in [4.69, 9.17) is 16.6 Å². The second-order valence-corrected chi connectivity index (χ2v) is 8.26. The van der Waals surface area contributed by atoms with Crippen LogP contribution in [0.1, 0.15) is 37.1 Å². The molecule has 0 spiro atoms. The van der Waals surface area contributed by atoms with Crippen LogP contribution >= 0.6 is 35.3 Å². The van der Waals surface area contributed by atoms with Gasteiger partial charge in [-0.05, 0) is 30.5 Å². The van der Waals surface area contributed by atoms with E-state index in [9.17, 15) is 4.79 Å². The molecule has 1 aliphatic heterocycles. The maximum absolute atomic E-state index is 12.0. The average molecular weight is 427 g/mol. The molecule has 1 unspecified atom stereocenters. The summed E-state index contributed by atoms with van der Waals surface area (Å²) in [6.07, 6.45) is 2.17. The summed E-state index contributed by atoms with van der Waals surface area (Å²) in [6, 6.07) is 8.72. The minimum absolute atomic E-state index is 0. The topological polar surface area (TPSA) is 48.5 Å². The first-order valence-corrected chi connectivity index (χ1v) is 10.3. The maximum atomic E-state index is 12.0. The Morgan fingerprint density at radius 2 is 2.26 bits per heavy atom. The Balaban J connectivity index is 0.00000210. The highest BCUT2D eigenvalue weighted by Crippen LogP contribution is 2.34. The molecule has 2 aliphatic rings. The molecule has 1 aromatic heterocycles. The van der Waals surface area contributed by atoms with Crippen molar-refractivity contribution < 1.29 is 4.79 Å². The van der Waals surface area contributed by atoms with Crippen molar-refractivity contribution in [1.82, 2.24) is 15.2 Å². The quantitative estimate of drug-likeness (QED) is 0.787. The molecule has 1 saturated carbocycles. The predicted molar refractivity (Wildman–Crippen MR) is 113 cm³/mol. The Morgan fingerprint density at radius 1 is 1.44 bits per heavy atom. The van der Waals surface area contributed by atoms with Crippen molar-refractivity contribution in [3.8, 4) is 0 Å². The molecule has 2 heterocycles. The Morgan fingerprint density at radius 3 is 2.96 bits per heavy atom. The van der Waals surface area contributed by atoms with Gasteiger partial charge < -0.3 is 5.32 Å². The van der Waals surface area contributed by atoms with Crippen LogP contribution in [-0.4, -0.2) is 41.5 Å². The Bertz CT molecular complexity index is 796. The number of nitrogens with one attached hydrogen (secondary N) is 1. The molecular formula is C19H24Cl2N4OS. The van der Waals surface area contributed by atoms with Gasteiger partial charge in [-0.15, -0.1) is 23.7 Å². The lowest BCUT2D eigenvalue weighted by Crippen LogP contribution is -2.45. The van der Waals surface area contributed by atoms with Gasteiger partial charge in [0.15, 0.2) is 5.13 Å². The molecule has 5 nitrogen and oxygen atoms in total. The Kier molecular flexibility index (Phi) is 6.76. The lowest BCUT2D eigenvalue weighted by Gasteiger charge is -2.36. The standard InChI is InChI=1S/C19H23ClN4OS.ClH/c1-13(25)24(17-5-6-17)19-22-16(12-26-19)11-23-8-7-21-10-18(23)14-3-2-4-15(20)9-14;/h2-4,9,12,17-18,21H,5-8,10-11H2,1H3;1H. The summed E-state index contributed by atoms with van der Waals surface area (Å²) in [4.78, 5) is 21.0. The van der Waals surface area contributed by atoms with Gasteiger partial charge in [0.1, 0.15) is 0 Å². The fourth-order valence-electron chi connectivity index (χ4n) is 3.55. The molecule has 4 rings (SSSR count). The number of piperazine rings is 1. The van der Waals surface area contributed by atoms with Crippen LogP contribution in [0.15, 0.2) is 29.6 Å². The third kappa shape index (κ3) is 4.81. The third-order valence-corrected chi connectivity index (χ3v) is 6.07. The van der Waals surface area contributed by atoms with Crippen LogP contribution in [0, 0.1) is 0 Å². The SMILES string of the molecule is CC(=O)N(c1nc(CN2CCNCC2c2cccc(Cl)c2)cs1)C1CC1.Cl. The highest BCUT2D eigenvalue weighted by Gasteiger charge is 2.34. The summed E-state index contributed by atoms with van der Waals surface area (Å²) in [5.74, 6) is 0.0902. The summed E-state index contributed by atoms with van der Waals surface area (Å²) >= 11 is 7.76. The van der Waals surface area contributed by atoms with Crippen LogP contribution in [0.3, 0.4) is 0 Å². The van der Waals surface area contributed by atoms with Gasteiger partial charge in [-0.3, -0.25) is 14.6 Å². The number of aromatic nitrogens is 1. The number of benzene rings is 1. The van der Waals surface area contributed by atoms with Crippen LogP contribution in [0.5, 0.6) is 0 Å². The number of hydrogen-bond donors (Lipinski definition) is 1. The Labute approximate surface area is 175 Å². The molecule has 2 aromatic rings. The van der Waals surface area contributed by atoms with Crippen molar-refractivity contribution in [2.75, 3.05) is 24.5 Å². The maximum Gasteiger partial charge on any atom is 0.225 e. The van der Waals surface area contributed by atoms with E-state index < -0.39 is 0 Å². The summed E-state index contributed by atoms with van der Waals surface area (Å²) in [5, 5.41) is 7.17. The number of rotatable bonds is 5. The van der Waals surface area contributed by atoms with E-state index >= 15 is 0 Å². The van der Waals surface area contributed by atoms with Gasteiger partial charge >= 0.3 is 0 Å². The molecule has 8 heteroatoms. The predicted octanol–water partition coefficient (Wildman–Crippen LogP) is 3.88. The molecule has 1 aliphatic carbocycles. The van der Waals surface area contributed by atoms with Crippen molar-refractivity contribution in [1.29, 1.82) is 0 Å². The molecule has 1 amide bonds. The molecule has 1 saturated heterocycles. The highest BCUT2D eigenvalue weighted by molar-refractivity contribution is 7.14. The molecule has 146 valence electrons. The minimum atomic E-state index is 0. The fourth-order valence-corrected chi connectivity index (χ4v) is 4.68. The van der Waals surface area contributed by atoms with Crippen LogP contribution in [-0.2, 0) is 11.3 Å². The summed E-state index contributed by atoms with van der Waals surface area (Å²) in [6.45, 7) is 5.24. The first-order chi connectivity index (χ1) is 12.6. The highest BCUT2D eigenvalue weighted by atomic mass is 35.5. The van der Waals surface area contributed by atoms with E-state index in [1.807, 2.05) is 23.1 Å². The molecule has 0 radical (unpaired) electrons. The lowest BCUT2D eigenvalue weighted by molar-refractivity contribution is -0.116. The van der Waals surface area contributed by atoms with E-state index in [1.165, 1.54) is 5.56 Å². The van der Waals surface area contributed by atoms with Crippen LogP contribution in [0.2, 0.25) is 5.02 Å². The zero-order chi connectivity index (χ0) is 18.1. The summed E-state index contributed by atoms with van der Waals surface area (Å²) in [7, 11) is 0. The zero-order valence-corrected chi connectivity index (χ0v) is 17.6. The number of carbonyl (C=O) groups is 1. The molecule has 1 N–H and O–H groups in total. The van der Waals surface area contributed by atoms with Crippen molar-refractivity contribution in [3.05, 3.63) is 45.9 Å². The second-order valence-electron chi connectivity index (χ2n) is 6.99. The van der Waals surface area contributed by atoms with Gasteiger partial charge in [-0.2, -0.15) is 0 Å². The minimum Gasteiger partial charge on any atom is -0.314 e. The van der Waals surface area contributed by atoms with Crippen LogP contribution in [0.4, 0.5) is 5.13 Å². The normalized spacial score (nSPS) is 20.1. The largest absolute Gasteiger partial charge is 0.314 e. The van der Waals surface area contributed by atoms with E-state index in [-0.39, 0.29) is 24.4 Å². The molecule has 27 heavy (non-hydrogen) atoms. The smallest absolute Gasteiger partial charge is 0.225 e. The number of amides is 1. The fraction of sp³-hybridized carbons (Fsp3) is 0.474. The van der Waals surface area contributed by atoms with E-state index in [0.717, 1.165) is 54.9 Å². The first kappa shape index (κ1) is 20.6. The number of anilines is 1.